The first-order valence-electron chi connectivity index (χ1n) is 7.74. The first kappa shape index (κ1) is 14.4. The zero-order chi connectivity index (χ0) is 14.8. The van der Waals surface area contributed by atoms with Crippen molar-refractivity contribution in [2.24, 2.45) is 0 Å². The summed E-state index contributed by atoms with van der Waals surface area (Å²) in [4.78, 5) is 16.9. The number of anilines is 2. The quantitative estimate of drug-likeness (QED) is 0.820. The van der Waals surface area contributed by atoms with Crippen LogP contribution in [0, 0.1) is 6.92 Å². The highest BCUT2D eigenvalue weighted by atomic mass is 16.2. The summed E-state index contributed by atoms with van der Waals surface area (Å²) in [6, 6.07) is 6.53. The van der Waals surface area contributed by atoms with Crippen molar-refractivity contribution in [1.82, 2.24) is 9.80 Å². The van der Waals surface area contributed by atoms with Crippen LogP contribution in [-0.4, -0.2) is 54.5 Å². The van der Waals surface area contributed by atoms with Crippen molar-refractivity contribution < 1.29 is 4.79 Å². The van der Waals surface area contributed by atoms with Gasteiger partial charge in [-0.25, -0.2) is 0 Å². The molecule has 1 aromatic carbocycles. The monoisotopic (exact) mass is 288 g/mol. The van der Waals surface area contributed by atoms with Gasteiger partial charge in [0.25, 0.3) is 0 Å². The second-order valence-electron chi connectivity index (χ2n) is 6.18. The Morgan fingerprint density at radius 1 is 1.29 bits per heavy atom. The Kier molecular flexibility index (Phi) is 4.12. The van der Waals surface area contributed by atoms with Crippen LogP contribution in [0.2, 0.25) is 0 Å². The van der Waals surface area contributed by atoms with Crippen molar-refractivity contribution >= 4 is 17.3 Å². The smallest absolute Gasteiger partial charge is 0.238 e. The van der Waals surface area contributed by atoms with E-state index in [2.05, 4.69) is 15.1 Å². The number of benzene rings is 1. The molecule has 3 rings (SSSR count). The lowest BCUT2D eigenvalue weighted by Crippen LogP contribution is -2.49. The van der Waals surface area contributed by atoms with E-state index in [-0.39, 0.29) is 5.91 Å². The van der Waals surface area contributed by atoms with E-state index in [0.29, 0.717) is 17.9 Å². The van der Waals surface area contributed by atoms with Gasteiger partial charge in [0.15, 0.2) is 0 Å². The molecular weight excluding hydrogens is 264 g/mol. The Balaban J connectivity index is 1.47. The predicted molar refractivity (Wildman–Crippen MR) is 85.3 cm³/mol. The van der Waals surface area contributed by atoms with Crippen LogP contribution >= 0.6 is 0 Å². The molecule has 21 heavy (non-hydrogen) atoms. The molecule has 1 heterocycles. The maximum Gasteiger partial charge on any atom is 0.238 e. The number of rotatable bonds is 4. The van der Waals surface area contributed by atoms with Crippen molar-refractivity contribution in [2.75, 3.05) is 43.8 Å². The lowest BCUT2D eigenvalue weighted by atomic mass is 10.2. The third-order valence-electron chi connectivity index (χ3n) is 4.32. The largest absolute Gasteiger partial charge is 0.397 e. The van der Waals surface area contributed by atoms with Gasteiger partial charge in [0.2, 0.25) is 5.91 Å². The zero-order valence-electron chi connectivity index (χ0n) is 12.6. The van der Waals surface area contributed by atoms with Crippen molar-refractivity contribution in [3.05, 3.63) is 23.8 Å². The number of piperazine rings is 1. The van der Waals surface area contributed by atoms with Gasteiger partial charge in [0, 0.05) is 32.2 Å². The van der Waals surface area contributed by atoms with Crippen LogP contribution in [-0.2, 0) is 4.79 Å². The van der Waals surface area contributed by atoms with Crippen molar-refractivity contribution in [3.63, 3.8) is 0 Å². The van der Waals surface area contributed by atoms with Crippen molar-refractivity contribution in [3.8, 4) is 0 Å². The van der Waals surface area contributed by atoms with Gasteiger partial charge in [0.1, 0.15) is 0 Å². The number of nitrogens with zero attached hydrogens (tertiary/aromatic N) is 2. The molecule has 1 aromatic rings. The highest BCUT2D eigenvalue weighted by Gasteiger charge is 2.31. The maximum absolute atomic E-state index is 12.1. The summed E-state index contributed by atoms with van der Waals surface area (Å²) in [7, 11) is 0. The fourth-order valence-electron chi connectivity index (χ4n) is 2.92. The van der Waals surface area contributed by atoms with Gasteiger partial charge >= 0.3 is 0 Å². The molecular formula is C16H24N4O. The lowest BCUT2D eigenvalue weighted by Gasteiger charge is -2.34. The fraction of sp³-hybridized carbons (Fsp3) is 0.562. The lowest BCUT2D eigenvalue weighted by molar-refractivity contribution is -0.117. The molecule has 1 saturated heterocycles. The van der Waals surface area contributed by atoms with E-state index in [1.165, 1.54) is 12.8 Å². The minimum absolute atomic E-state index is 0.0189. The number of nitrogens with two attached hydrogens (primary N) is 1. The first-order chi connectivity index (χ1) is 10.1. The minimum Gasteiger partial charge on any atom is -0.397 e. The van der Waals surface area contributed by atoms with Crippen LogP contribution in [0.5, 0.6) is 0 Å². The van der Waals surface area contributed by atoms with E-state index in [4.69, 9.17) is 5.73 Å². The van der Waals surface area contributed by atoms with E-state index < -0.39 is 0 Å². The number of hydrogen-bond acceptors (Lipinski definition) is 4. The molecule has 0 radical (unpaired) electrons. The summed E-state index contributed by atoms with van der Waals surface area (Å²) in [5.41, 5.74) is 8.36. The van der Waals surface area contributed by atoms with E-state index >= 15 is 0 Å². The number of nitrogens with one attached hydrogen (secondary N) is 1. The number of amides is 1. The normalized spacial score (nSPS) is 20.4. The summed E-state index contributed by atoms with van der Waals surface area (Å²) in [6.07, 6.45) is 2.71. The molecule has 3 N–H and O–H groups in total. The molecule has 1 aliphatic heterocycles. The Morgan fingerprint density at radius 2 is 2.00 bits per heavy atom. The highest BCUT2D eigenvalue weighted by Crippen LogP contribution is 2.27. The molecule has 1 amide bonds. The Bertz CT molecular complexity index is 519. The van der Waals surface area contributed by atoms with Gasteiger partial charge in [0.05, 0.1) is 17.9 Å². The second-order valence-corrected chi connectivity index (χ2v) is 6.18. The van der Waals surface area contributed by atoms with Gasteiger partial charge < -0.3 is 11.1 Å². The first-order valence-corrected chi connectivity index (χ1v) is 7.74. The third kappa shape index (κ3) is 3.74. The van der Waals surface area contributed by atoms with Crippen LogP contribution in [0.4, 0.5) is 11.4 Å². The van der Waals surface area contributed by atoms with Crippen LogP contribution in [0.25, 0.3) is 0 Å². The Labute approximate surface area is 126 Å². The van der Waals surface area contributed by atoms with Crippen LogP contribution in [0.1, 0.15) is 18.4 Å². The van der Waals surface area contributed by atoms with E-state index in [9.17, 15) is 4.79 Å². The molecule has 114 valence electrons. The second kappa shape index (κ2) is 6.03. The Hall–Kier alpha value is -1.59. The molecule has 0 aromatic heterocycles. The number of aryl methyl sites for hydroxylation is 1. The average Bonchev–Trinajstić information content (AvgIpc) is 3.27. The number of nitrogen functional groups attached to an aromatic ring is 1. The summed E-state index contributed by atoms with van der Waals surface area (Å²) in [6.45, 7) is 6.57. The van der Waals surface area contributed by atoms with Gasteiger partial charge in [-0.2, -0.15) is 0 Å². The van der Waals surface area contributed by atoms with Gasteiger partial charge in [-0.15, -0.1) is 0 Å². The van der Waals surface area contributed by atoms with Gasteiger partial charge in [-0.1, -0.05) is 6.07 Å². The summed E-state index contributed by atoms with van der Waals surface area (Å²) < 4.78 is 0. The SMILES string of the molecule is Cc1ccc(NC(=O)CN2CCN(C3CC3)CC2)c(N)c1. The summed E-state index contributed by atoms with van der Waals surface area (Å²) in [5, 5.41) is 2.91. The zero-order valence-corrected chi connectivity index (χ0v) is 12.6. The van der Waals surface area contributed by atoms with Crippen LogP contribution in [0.3, 0.4) is 0 Å². The molecule has 0 bridgehead atoms. The topological polar surface area (TPSA) is 61.6 Å². The maximum atomic E-state index is 12.1. The average molecular weight is 288 g/mol. The molecule has 2 fully saturated rings. The molecule has 0 atom stereocenters. The standard InChI is InChI=1S/C16H24N4O/c1-12-2-5-15(14(17)10-12)18-16(21)11-19-6-8-20(9-7-19)13-3-4-13/h2,5,10,13H,3-4,6-9,11,17H2,1H3,(H,18,21). The molecule has 1 aliphatic carbocycles. The van der Waals surface area contributed by atoms with Gasteiger partial charge in [-0.05, 0) is 37.5 Å². The fourth-order valence-corrected chi connectivity index (χ4v) is 2.92. The molecule has 0 spiro atoms. The van der Waals surface area contributed by atoms with E-state index in [1.807, 2.05) is 25.1 Å². The van der Waals surface area contributed by atoms with Gasteiger partial charge in [-0.3, -0.25) is 14.6 Å². The highest BCUT2D eigenvalue weighted by molar-refractivity contribution is 5.95. The third-order valence-corrected chi connectivity index (χ3v) is 4.32. The summed E-state index contributed by atoms with van der Waals surface area (Å²) >= 11 is 0. The molecule has 2 aliphatic rings. The molecule has 1 saturated carbocycles. The number of carbonyl (C=O) groups is 1. The van der Waals surface area contributed by atoms with E-state index in [0.717, 1.165) is 37.8 Å². The van der Waals surface area contributed by atoms with Crippen molar-refractivity contribution in [2.45, 2.75) is 25.8 Å². The molecule has 5 heteroatoms. The molecule has 0 unspecified atom stereocenters. The molecule has 5 nitrogen and oxygen atoms in total. The van der Waals surface area contributed by atoms with E-state index in [1.54, 1.807) is 0 Å². The van der Waals surface area contributed by atoms with Crippen LogP contribution < -0.4 is 11.1 Å². The summed E-state index contributed by atoms with van der Waals surface area (Å²) in [5.74, 6) is 0.0189. The minimum atomic E-state index is 0.0189. The van der Waals surface area contributed by atoms with Crippen LogP contribution in [0.15, 0.2) is 18.2 Å². The number of hydrogen-bond donors (Lipinski definition) is 2. The predicted octanol–water partition coefficient (Wildman–Crippen LogP) is 1.30. The number of carbonyl (C=O) groups excluding carboxylic acids is 1. The Morgan fingerprint density at radius 3 is 2.62 bits per heavy atom. The van der Waals surface area contributed by atoms with Crippen molar-refractivity contribution in [1.29, 1.82) is 0 Å².